The van der Waals surface area contributed by atoms with Crippen LogP contribution in [-0.4, -0.2) is 23.6 Å². The highest BCUT2D eigenvalue weighted by molar-refractivity contribution is 6.06. The summed E-state index contributed by atoms with van der Waals surface area (Å²) in [5.41, 5.74) is 2.06. The van der Waals surface area contributed by atoms with Gasteiger partial charge in [0.25, 0.3) is 5.91 Å². The van der Waals surface area contributed by atoms with Crippen LogP contribution in [0.2, 0.25) is 0 Å². The predicted octanol–water partition coefficient (Wildman–Crippen LogP) is 2.17. The summed E-state index contributed by atoms with van der Waals surface area (Å²) >= 11 is 0. The molecule has 122 valence electrons. The Morgan fingerprint density at radius 2 is 1.92 bits per heavy atom. The average molecular weight is 326 g/mol. The highest BCUT2D eigenvalue weighted by Gasteiger charge is 2.12. The van der Waals surface area contributed by atoms with E-state index in [2.05, 4.69) is 10.1 Å². The van der Waals surface area contributed by atoms with E-state index in [1.165, 1.54) is 23.8 Å². The number of oxazole rings is 1. The number of amides is 1. The van der Waals surface area contributed by atoms with E-state index in [1.54, 1.807) is 37.4 Å². The number of ether oxygens (including phenoxy) is 1. The standard InChI is InChI=1S/C17H14N2O5/c1-19-13-7-6-10(9-14(13)24-17(19)22)15(20)18-12-5-3-4-11(8-12)16(21)23-2/h3-9H,1-2H3,(H,18,20). The topological polar surface area (TPSA) is 90.5 Å². The summed E-state index contributed by atoms with van der Waals surface area (Å²) in [7, 11) is 2.88. The highest BCUT2D eigenvalue weighted by atomic mass is 16.5. The third-order valence-electron chi connectivity index (χ3n) is 3.60. The molecule has 0 aliphatic heterocycles. The minimum Gasteiger partial charge on any atom is -0.465 e. The number of aryl methyl sites for hydroxylation is 1. The molecule has 0 aliphatic rings. The van der Waals surface area contributed by atoms with E-state index in [-0.39, 0.29) is 5.91 Å². The van der Waals surface area contributed by atoms with Crippen LogP contribution in [0.4, 0.5) is 5.69 Å². The maximum Gasteiger partial charge on any atom is 0.419 e. The smallest absolute Gasteiger partial charge is 0.419 e. The largest absolute Gasteiger partial charge is 0.465 e. The number of hydrogen-bond acceptors (Lipinski definition) is 5. The number of esters is 1. The van der Waals surface area contributed by atoms with Crippen molar-refractivity contribution in [1.82, 2.24) is 4.57 Å². The van der Waals surface area contributed by atoms with Gasteiger partial charge < -0.3 is 14.5 Å². The second-order valence-corrected chi connectivity index (χ2v) is 5.14. The highest BCUT2D eigenvalue weighted by Crippen LogP contribution is 2.17. The predicted molar refractivity (Wildman–Crippen MR) is 87.2 cm³/mol. The Bertz CT molecular complexity index is 1000. The van der Waals surface area contributed by atoms with Crippen LogP contribution in [0.1, 0.15) is 20.7 Å². The van der Waals surface area contributed by atoms with Crippen molar-refractivity contribution in [3.8, 4) is 0 Å². The van der Waals surface area contributed by atoms with Gasteiger partial charge in [-0.25, -0.2) is 9.59 Å². The van der Waals surface area contributed by atoms with E-state index in [1.807, 2.05) is 0 Å². The van der Waals surface area contributed by atoms with Crippen molar-refractivity contribution in [2.75, 3.05) is 12.4 Å². The zero-order chi connectivity index (χ0) is 17.3. The maximum absolute atomic E-state index is 12.3. The third kappa shape index (κ3) is 2.79. The Balaban J connectivity index is 1.87. The molecular weight excluding hydrogens is 312 g/mol. The zero-order valence-corrected chi connectivity index (χ0v) is 13.0. The summed E-state index contributed by atoms with van der Waals surface area (Å²) in [6.07, 6.45) is 0. The number of aromatic nitrogens is 1. The molecule has 0 saturated carbocycles. The molecular formula is C17H14N2O5. The van der Waals surface area contributed by atoms with Gasteiger partial charge in [-0.05, 0) is 36.4 Å². The molecule has 7 heteroatoms. The number of hydrogen-bond donors (Lipinski definition) is 1. The molecule has 0 atom stereocenters. The van der Waals surface area contributed by atoms with E-state index in [0.29, 0.717) is 27.9 Å². The molecule has 7 nitrogen and oxygen atoms in total. The molecule has 0 bridgehead atoms. The van der Waals surface area contributed by atoms with E-state index in [9.17, 15) is 14.4 Å². The van der Waals surface area contributed by atoms with E-state index in [0.717, 1.165) is 0 Å². The molecule has 1 amide bonds. The summed E-state index contributed by atoms with van der Waals surface area (Å²) in [5, 5.41) is 2.69. The minimum absolute atomic E-state index is 0.332. The lowest BCUT2D eigenvalue weighted by atomic mass is 10.1. The summed E-state index contributed by atoms with van der Waals surface area (Å²) < 4.78 is 11.1. The van der Waals surface area contributed by atoms with Crippen LogP contribution in [0.5, 0.6) is 0 Å². The minimum atomic E-state index is -0.492. The lowest BCUT2D eigenvalue weighted by Gasteiger charge is -2.07. The van der Waals surface area contributed by atoms with Gasteiger partial charge in [-0.2, -0.15) is 0 Å². The van der Waals surface area contributed by atoms with Crippen LogP contribution in [0.3, 0.4) is 0 Å². The molecule has 0 unspecified atom stereocenters. The van der Waals surface area contributed by atoms with Crippen LogP contribution in [0, 0.1) is 0 Å². The molecule has 1 aromatic heterocycles. The molecule has 0 spiro atoms. The van der Waals surface area contributed by atoms with E-state index < -0.39 is 11.7 Å². The first-order valence-electron chi connectivity index (χ1n) is 7.09. The number of methoxy groups -OCH3 is 1. The van der Waals surface area contributed by atoms with Crippen molar-refractivity contribution in [3.05, 3.63) is 64.1 Å². The van der Waals surface area contributed by atoms with Gasteiger partial charge in [0, 0.05) is 18.3 Å². The van der Waals surface area contributed by atoms with Crippen molar-refractivity contribution in [3.63, 3.8) is 0 Å². The average Bonchev–Trinajstić information content (AvgIpc) is 2.88. The number of carbonyl (C=O) groups excluding carboxylic acids is 2. The Hall–Kier alpha value is -3.35. The molecule has 0 saturated heterocycles. The zero-order valence-electron chi connectivity index (χ0n) is 13.0. The van der Waals surface area contributed by atoms with Crippen LogP contribution in [0.25, 0.3) is 11.1 Å². The Kier molecular flexibility index (Phi) is 3.91. The molecule has 2 aromatic carbocycles. The number of anilines is 1. The lowest BCUT2D eigenvalue weighted by molar-refractivity contribution is 0.0600. The number of nitrogens with one attached hydrogen (secondary N) is 1. The Labute approximate surface area is 136 Å². The summed E-state index contributed by atoms with van der Waals surface area (Å²) in [6.45, 7) is 0. The number of benzene rings is 2. The fourth-order valence-corrected chi connectivity index (χ4v) is 2.32. The van der Waals surface area contributed by atoms with Gasteiger partial charge in [-0.1, -0.05) is 6.07 Å². The summed E-state index contributed by atoms with van der Waals surface area (Å²) in [6, 6.07) is 11.1. The first kappa shape index (κ1) is 15.5. The van der Waals surface area contributed by atoms with Crippen LogP contribution in [0.15, 0.2) is 51.7 Å². The fourth-order valence-electron chi connectivity index (χ4n) is 2.32. The quantitative estimate of drug-likeness (QED) is 0.745. The number of rotatable bonds is 3. The first-order valence-corrected chi connectivity index (χ1v) is 7.09. The van der Waals surface area contributed by atoms with Gasteiger partial charge in [0.05, 0.1) is 18.2 Å². The fraction of sp³-hybridized carbons (Fsp3) is 0.118. The van der Waals surface area contributed by atoms with Gasteiger partial charge in [-0.3, -0.25) is 9.36 Å². The van der Waals surface area contributed by atoms with Crippen molar-refractivity contribution in [1.29, 1.82) is 0 Å². The monoisotopic (exact) mass is 326 g/mol. The van der Waals surface area contributed by atoms with Crippen molar-refractivity contribution < 1.29 is 18.7 Å². The third-order valence-corrected chi connectivity index (χ3v) is 3.60. The molecule has 0 fully saturated rings. The van der Waals surface area contributed by atoms with Crippen LogP contribution >= 0.6 is 0 Å². The molecule has 3 rings (SSSR count). The van der Waals surface area contributed by atoms with Gasteiger partial charge in [0.15, 0.2) is 5.58 Å². The summed E-state index contributed by atoms with van der Waals surface area (Å²) in [4.78, 5) is 35.4. The van der Waals surface area contributed by atoms with Gasteiger partial charge >= 0.3 is 11.7 Å². The number of fused-ring (bicyclic) bond motifs is 1. The molecule has 0 radical (unpaired) electrons. The van der Waals surface area contributed by atoms with E-state index in [4.69, 9.17) is 4.42 Å². The second kappa shape index (κ2) is 6.04. The Morgan fingerprint density at radius 1 is 1.12 bits per heavy atom. The molecule has 1 heterocycles. The first-order chi connectivity index (χ1) is 11.5. The SMILES string of the molecule is COC(=O)c1cccc(NC(=O)c2ccc3c(c2)oc(=O)n3C)c1. The maximum atomic E-state index is 12.3. The molecule has 24 heavy (non-hydrogen) atoms. The van der Waals surface area contributed by atoms with Crippen molar-refractivity contribution in [2.45, 2.75) is 0 Å². The number of carbonyl (C=O) groups is 2. The summed E-state index contributed by atoms with van der Waals surface area (Å²) in [5.74, 6) is -1.36. The second-order valence-electron chi connectivity index (χ2n) is 5.14. The van der Waals surface area contributed by atoms with Gasteiger partial charge in [0.1, 0.15) is 0 Å². The van der Waals surface area contributed by atoms with Gasteiger partial charge in [-0.15, -0.1) is 0 Å². The van der Waals surface area contributed by atoms with Crippen LogP contribution in [-0.2, 0) is 11.8 Å². The lowest BCUT2D eigenvalue weighted by Crippen LogP contribution is -2.12. The normalized spacial score (nSPS) is 10.6. The molecule has 0 aliphatic carbocycles. The van der Waals surface area contributed by atoms with Crippen molar-refractivity contribution >= 4 is 28.7 Å². The van der Waals surface area contributed by atoms with Gasteiger partial charge in [0.2, 0.25) is 0 Å². The molecule has 1 N–H and O–H groups in total. The van der Waals surface area contributed by atoms with E-state index >= 15 is 0 Å². The van der Waals surface area contributed by atoms with Crippen LogP contribution < -0.4 is 11.1 Å². The van der Waals surface area contributed by atoms with Crippen molar-refractivity contribution in [2.24, 2.45) is 7.05 Å². The molecule has 3 aromatic rings. The Morgan fingerprint density at radius 3 is 2.67 bits per heavy atom. The number of nitrogens with zero attached hydrogens (tertiary/aromatic N) is 1.